The van der Waals surface area contributed by atoms with E-state index in [1.54, 1.807) is 14.0 Å². The summed E-state index contributed by atoms with van der Waals surface area (Å²) in [5, 5.41) is 10.2. The van der Waals surface area contributed by atoms with E-state index in [9.17, 15) is 14.4 Å². The second kappa shape index (κ2) is 9.83. The summed E-state index contributed by atoms with van der Waals surface area (Å²) in [5.41, 5.74) is 2.90. The van der Waals surface area contributed by atoms with Gasteiger partial charge in [-0.2, -0.15) is 5.10 Å². The smallest absolute Gasteiger partial charge is 0.272 e. The number of aryl methyl sites for hydroxylation is 1. The van der Waals surface area contributed by atoms with Gasteiger partial charge in [-0.3, -0.25) is 19.1 Å². The van der Waals surface area contributed by atoms with Gasteiger partial charge in [0.05, 0.1) is 6.54 Å². The molecule has 1 aromatic heterocycles. The average molecular weight is 464 g/mol. The Morgan fingerprint density at radius 1 is 1.15 bits per heavy atom. The predicted molar refractivity (Wildman–Crippen MR) is 129 cm³/mol. The molecule has 0 saturated carbocycles. The van der Waals surface area contributed by atoms with Gasteiger partial charge in [0.15, 0.2) is 5.69 Å². The zero-order valence-electron chi connectivity index (χ0n) is 20.2. The van der Waals surface area contributed by atoms with E-state index in [2.05, 4.69) is 21.8 Å². The van der Waals surface area contributed by atoms with Gasteiger partial charge in [0.25, 0.3) is 11.8 Å². The monoisotopic (exact) mass is 463 g/mol. The quantitative estimate of drug-likeness (QED) is 0.617. The lowest BCUT2D eigenvalue weighted by molar-refractivity contribution is -0.132. The zero-order valence-corrected chi connectivity index (χ0v) is 20.2. The summed E-state index contributed by atoms with van der Waals surface area (Å²) in [5.74, 6) is -0.908. The number of amides is 3. The van der Waals surface area contributed by atoms with Gasteiger partial charge < -0.3 is 15.5 Å². The first-order chi connectivity index (χ1) is 16.3. The van der Waals surface area contributed by atoms with Gasteiger partial charge in [0.1, 0.15) is 11.2 Å². The maximum Gasteiger partial charge on any atom is 0.272 e. The summed E-state index contributed by atoms with van der Waals surface area (Å²) in [4.78, 5) is 40.3. The molecule has 8 heteroatoms. The third kappa shape index (κ3) is 4.90. The van der Waals surface area contributed by atoms with E-state index >= 15 is 0 Å². The van der Waals surface area contributed by atoms with Crippen molar-refractivity contribution >= 4 is 17.7 Å². The summed E-state index contributed by atoms with van der Waals surface area (Å²) in [6.45, 7) is 4.81. The molecule has 1 aliphatic carbocycles. The molecular weight excluding hydrogens is 430 g/mol. The van der Waals surface area contributed by atoms with Crippen LogP contribution in [0.1, 0.15) is 71.1 Å². The van der Waals surface area contributed by atoms with Crippen LogP contribution in [-0.2, 0) is 17.9 Å². The summed E-state index contributed by atoms with van der Waals surface area (Å²) in [7, 11) is 1.61. The largest absolute Gasteiger partial charge is 0.350 e. The Kier molecular flexibility index (Phi) is 6.86. The third-order valence-corrected chi connectivity index (χ3v) is 6.91. The molecule has 1 atom stereocenters. The van der Waals surface area contributed by atoms with E-state index in [4.69, 9.17) is 0 Å². The molecule has 0 radical (unpaired) electrons. The standard InChI is InChI=1S/C26H33N5O3/c1-18-9-11-20(12-10-18)16-28-25(34)26(2)17-31-22(24(33)30(26)3)15-21(29-31)23(32)27-14-13-19-7-5-4-6-8-19/h7,9-12,15H,4-6,8,13-14,16-17H2,1-3H3,(H,27,32)(H,28,34)/t26-/m0/s1. The second-order valence-corrected chi connectivity index (χ2v) is 9.49. The molecule has 0 saturated heterocycles. The lowest BCUT2D eigenvalue weighted by Gasteiger charge is -2.40. The molecular formula is C26H33N5O3. The maximum atomic E-state index is 13.1. The van der Waals surface area contributed by atoms with Crippen LogP contribution < -0.4 is 10.6 Å². The van der Waals surface area contributed by atoms with Crippen molar-refractivity contribution in [1.82, 2.24) is 25.3 Å². The lowest BCUT2D eigenvalue weighted by atomic mass is 9.95. The van der Waals surface area contributed by atoms with Crippen LogP contribution in [-0.4, -0.2) is 51.5 Å². The van der Waals surface area contributed by atoms with Crippen LogP contribution in [0, 0.1) is 6.92 Å². The molecule has 3 amide bonds. The Hall–Kier alpha value is -3.42. The van der Waals surface area contributed by atoms with E-state index in [1.807, 2.05) is 31.2 Å². The van der Waals surface area contributed by atoms with Gasteiger partial charge in [0, 0.05) is 26.2 Å². The number of aromatic nitrogens is 2. The zero-order chi connectivity index (χ0) is 24.3. The van der Waals surface area contributed by atoms with Crippen molar-refractivity contribution in [1.29, 1.82) is 0 Å². The Bertz CT molecular complexity index is 1120. The first-order valence-corrected chi connectivity index (χ1v) is 11.9. The van der Waals surface area contributed by atoms with Gasteiger partial charge in [-0.1, -0.05) is 41.5 Å². The molecule has 0 unspecified atom stereocenters. The number of carbonyl (C=O) groups excluding carboxylic acids is 3. The van der Waals surface area contributed by atoms with E-state index in [0.717, 1.165) is 30.4 Å². The fourth-order valence-corrected chi connectivity index (χ4v) is 4.48. The summed E-state index contributed by atoms with van der Waals surface area (Å²) < 4.78 is 1.48. The number of nitrogens with one attached hydrogen (secondary N) is 2. The molecule has 1 aromatic carbocycles. The minimum absolute atomic E-state index is 0.171. The van der Waals surface area contributed by atoms with Crippen LogP contribution in [0.15, 0.2) is 42.0 Å². The van der Waals surface area contributed by atoms with Crippen LogP contribution in [0.3, 0.4) is 0 Å². The van der Waals surface area contributed by atoms with Crippen LogP contribution >= 0.6 is 0 Å². The highest BCUT2D eigenvalue weighted by Gasteiger charge is 2.46. The summed E-state index contributed by atoms with van der Waals surface area (Å²) in [6.07, 6.45) is 7.76. The maximum absolute atomic E-state index is 13.1. The highest BCUT2D eigenvalue weighted by Crippen LogP contribution is 2.26. The highest BCUT2D eigenvalue weighted by atomic mass is 16.2. The predicted octanol–water partition coefficient (Wildman–Crippen LogP) is 2.97. The minimum atomic E-state index is -1.12. The van der Waals surface area contributed by atoms with Crippen molar-refractivity contribution in [3.8, 4) is 0 Å². The fourth-order valence-electron chi connectivity index (χ4n) is 4.48. The first-order valence-electron chi connectivity index (χ1n) is 11.9. The number of hydrogen-bond acceptors (Lipinski definition) is 4. The molecule has 1 aliphatic heterocycles. The van der Waals surface area contributed by atoms with Crippen molar-refractivity contribution in [2.45, 2.75) is 64.6 Å². The van der Waals surface area contributed by atoms with Crippen molar-refractivity contribution in [2.24, 2.45) is 0 Å². The Morgan fingerprint density at radius 3 is 2.62 bits per heavy atom. The van der Waals surface area contributed by atoms with Gasteiger partial charge >= 0.3 is 0 Å². The molecule has 2 N–H and O–H groups in total. The molecule has 0 bridgehead atoms. The van der Waals surface area contributed by atoms with Crippen molar-refractivity contribution in [3.05, 3.63) is 64.5 Å². The van der Waals surface area contributed by atoms with E-state index in [0.29, 0.717) is 18.8 Å². The van der Waals surface area contributed by atoms with E-state index < -0.39 is 5.54 Å². The summed E-state index contributed by atoms with van der Waals surface area (Å²) in [6, 6.07) is 9.43. The van der Waals surface area contributed by atoms with Gasteiger partial charge in [-0.25, -0.2) is 0 Å². The molecule has 180 valence electrons. The fraction of sp³-hybridized carbons (Fsp3) is 0.462. The number of allylic oxidation sites excluding steroid dienone is 1. The topological polar surface area (TPSA) is 96.3 Å². The number of carbonyl (C=O) groups is 3. The van der Waals surface area contributed by atoms with Crippen molar-refractivity contribution < 1.29 is 14.4 Å². The number of hydrogen-bond donors (Lipinski definition) is 2. The molecule has 34 heavy (non-hydrogen) atoms. The Labute approximate surface area is 200 Å². The highest BCUT2D eigenvalue weighted by molar-refractivity contribution is 6.01. The number of fused-ring (bicyclic) bond motifs is 1. The number of likely N-dealkylation sites (N-methyl/N-ethyl adjacent to an activating group) is 1. The van der Waals surface area contributed by atoms with Gasteiger partial charge in [-0.15, -0.1) is 0 Å². The van der Waals surface area contributed by atoms with Crippen molar-refractivity contribution in [3.63, 3.8) is 0 Å². The normalized spacial score (nSPS) is 19.9. The molecule has 2 heterocycles. The van der Waals surface area contributed by atoms with Crippen LogP contribution in [0.5, 0.6) is 0 Å². The SMILES string of the molecule is Cc1ccc(CNC(=O)[C@]2(C)Cn3nc(C(=O)NCCC4=CCCCC4)cc3C(=O)N2C)cc1. The van der Waals surface area contributed by atoms with Gasteiger partial charge in [-0.05, 0) is 51.5 Å². The van der Waals surface area contributed by atoms with Crippen LogP contribution in [0.4, 0.5) is 0 Å². The molecule has 4 rings (SSSR count). The number of nitrogens with zero attached hydrogens (tertiary/aromatic N) is 3. The lowest BCUT2D eigenvalue weighted by Crippen LogP contribution is -2.62. The van der Waals surface area contributed by atoms with Gasteiger partial charge in [0.2, 0.25) is 5.91 Å². The van der Waals surface area contributed by atoms with Crippen LogP contribution in [0.2, 0.25) is 0 Å². The van der Waals surface area contributed by atoms with E-state index in [-0.39, 0.29) is 30.0 Å². The Morgan fingerprint density at radius 2 is 1.91 bits per heavy atom. The van der Waals surface area contributed by atoms with E-state index in [1.165, 1.54) is 34.1 Å². The van der Waals surface area contributed by atoms with Crippen LogP contribution in [0.25, 0.3) is 0 Å². The molecule has 8 nitrogen and oxygen atoms in total. The molecule has 2 aromatic rings. The number of rotatable bonds is 7. The molecule has 0 spiro atoms. The minimum Gasteiger partial charge on any atom is -0.350 e. The molecule has 2 aliphatic rings. The molecule has 0 fully saturated rings. The Balaban J connectivity index is 1.41. The first kappa shape index (κ1) is 23.7. The number of benzene rings is 1. The average Bonchev–Trinajstić information content (AvgIpc) is 3.26. The summed E-state index contributed by atoms with van der Waals surface area (Å²) >= 11 is 0. The van der Waals surface area contributed by atoms with Crippen molar-refractivity contribution in [2.75, 3.05) is 13.6 Å². The third-order valence-electron chi connectivity index (χ3n) is 6.91. The second-order valence-electron chi connectivity index (χ2n) is 9.49.